The zero-order valence-electron chi connectivity index (χ0n) is 59.8. The lowest BCUT2D eigenvalue weighted by Crippen LogP contribution is -2.55. The molecule has 0 aromatic heterocycles. The summed E-state index contributed by atoms with van der Waals surface area (Å²) < 4.78 is 0. The molecule has 0 fully saturated rings. The van der Waals surface area contributed by atoms with Crippen molar-refractivity contribution in [3.63, 3.8) is 0 Å². The fourth-order valence-corrected chi connectivity index (χ4v) is 12.4. The van der Waals surface area contributed by atoms with Crippen molar-refractivity contribution >= 4 is 0 Å². The maximum absolute atomic E-state index is 2.70. The van der Waals surface area contributed by atoms with Gasteiger partial charge in [-0.3, -0.25) is 0 Å². The van der Waals surface area contributed by atoms with Gasteiger partial charge in [0.25, 0.3) is 0 Å². The Morgan fingerprint density at radius 2 is 0.479 bits per heavy atom. The highest BCUT2D eigenvalue weighted by Crippen LogP contribution is 2.68. The van der Waals surface area contributed by atoms with Gasteiger partial charge >= 0.3 is 0 Å². The van der Waals surface area contributed by atoms with Crippen molar-refractivity contribution in [1.82, 2.24) is 0 Å². The van der Waals surface area contributed by atoms with E-state index < -0.39 is 0 Å². The Morgan fingerprint density at radius 1 is 0.239 bits per heavy atom. The molecule has 6 unspecified atom stereocenters. The topological polar surface area (TPSA) is 0 Å². The predicted octanol–water partition coefficient (Wildman–Crippen LogP) is 29.1. The minimum atomic E-state index is 0.378. The van der Waals surface area contributed by atoms with Crippen LogP contribution in [0.4, 0.5) is 0 Å². The molecule has 0 heteroatoms. The van der Waals surface area contributed by atoms with E-state index in [0.29, 0.717) is 43.3 Å². The van der Waals surface area contributed by atoms with Gasteiger partial charge in [0.2, 0.25) is 0 Å². The van der Waals surface area contributed by atoms with Crippen LogP contribution in [-0.2, 0) is 0 Å². The van der Waals surface area contributed by atoms with Crippen molar-refractivity contribution in [2.75, 3.05) is 0 Å². The smallest absolute Gasteiger partial charge is 0.0213 e. The molecule has 0 saturated heterocycles. The molecule has 0 aliphatic rings. The fraction of sp³-hybridized carbons (Fsp3) is 1.00. The monoisotopic (exact) mass is 1020 g/mol. The van der Waals surface area contributed by atoms with Gasteiger partial charge in [0.1, 0.15) is 0 Å². The van der Waals surface area contributed by atoms with Gasteiger partial charge in [-0.05, 0) is 101 Å². The van der Waals surface area contributed by atoms with E-state index in [1.54, 1.807) is 0 Å². The molecule has 0 N–H and O–H groups in total. The largest absolute Gasteiger partial charge is 0.0683 e. The van der Waals surface area contributed by atoms with Crippen LogP contribution in [-0.4, -0.2) is 0 Å². The van der Waals surface area contributed by atoms with E-state index in [0.717, 1.165) is 5.92 Å². The van der Waals surface area contributed by atoms with Crippen molar-refractivity contribution in [3.05, 3.63) is 0 Å². The second kappa shape index (κ2) is 60.9. The third kappa shape index (κ3) is 33.0. The van der Waals surface area contributed by atoms with Crippen LogP contribution in [0.15, 0.2) is 0 Å². The van der Waals surface area contributed by atoms with Gasteiger partial charge in [0.15, 0.2) is 0 Å². The van der Waals surface area contributed by atoms with Crippen LogP contribution in [0.1, 0.15) is 418 Å². The normalized spacial score (nSPS) is 15.4. The standard InChI is InChI=1S/C27H56.C26H54.9C2H6/c1-12-19-24(7,8)26(10,21-14-3)27(11,22-17-16-18-23(5)6)25(9,15-4)20-13-2;1-11-16-20-23(6,7)25(9,21-17-12-2)26(10,22-18-13-3)24(8,15-5)19-14-4;9*1-2/h23H,12-22H2,1-11H3;11-22H2,1-10H3;9*1-2H3. The van der Waals surface area contributed by atoms with Crippen LogP contribution in [0.3, 0.4) is 0 Å². The molecule has 0 heterocycles. The van der Waals surface area contributed by atoms with E-state index >= 15 is 0 Å². The van der Waals surface area contributed by atoms with E-state index in [9.17, 15) is 0 Å². The van der Waals surface area contributed by atoms with Gasteiger partial charge in [-0.2, -0.15) is 0 Å². The van der Waals surface area contributed by atoms with Gasteiger partial charge in [-0.15, -0.1) is 0 Å². The first kappa shape index (κ1) is 96.6. The van der Waals surface area contributed by atoms with E-state index in [1.807, 2.05) is 125 Å². The van der Waals surface area contributed by atoms with Gasteiger partial charge < -0.3 is 0 Å². The fourth-order valence-electron chi connectivity index (χ4n) is 12.4. The minimum absolute atomic E-state index is 0.378. The number of hydrogen-bond acceptors (Lipinski definition) is 0. The molecule has 0 amide bonds. The van der Waals surface area contributed by atoms with Crippen LogP contribution < -0.4 is 0 Å². The molecule has 0 radical (unpaired) electrons. The highest BCUT2D eigenvalue weighted by Gasteiger charge is 2.60. The lowest BCUT2D eigenvalue weighted by molar-refractivity contribution is -0.145. The number of unbranched alkanes of at least 4 members (excludes halogenated alkanes) is 4. The molecule has 0 aromatic carbocycles. The molecule has 0 aromatic rings. The molecule has 0 nitrogen and oxygen atoms in total. The molecule has 71 heavy (non-hydrogen) atoms. The summed E-state index contributed by atoms with van der Waals surface area (Å²) in [5, 5.41) is 0. The second-order valence-corrected chi connectivity index (χ2v) is 21.9. The molecular weight excluding hydrogens is 853 g/mol. The first-order valence-corrected chi connectivity index (χ1v) is 33.5. The SMILES string of the molecule is CC.CC.CC.CC.CC.CC.CC.CC.CC.CCCC(C)(C)C(C)(CCC)C(C)(CCCCC(C)C)C(C)(CC)CCC.CCCCC(C)(C)C(C)(CCCC)C(C)(CCCC)C(C)(CC)CCC. The maximum Gasteiger partial charge on any atom is -0.0213 e. The van der Waals surface area contributed by atoms with E-state index in [1.165, 1.54) is 148 Å². The van der Waals surface area contributed by atoms with Crippen molar-refractivity contribution in [3.8, 4) is 0 Å². The molecule has 0 aliphatic carbocycles. The van der Waals surface area contributed by atoms with E-state index in [4.69, 9.17) is 0 Å². The Kier molecular flexibility index (Phi) is 82.8. The predicted molar refractivity (Wildman–Crippen MR) is 350 cm³/mol. The van der Waals surface area contributed by atoms with Crippen LogP contribution in [0.25, 0.3) is 0 Å². The molecule has 0 bridgehead atoms. The maximum atomic E-state index is 2.70. The molecular formula is C71H164. The average Bonchev–Trinajstić information content (AvgIpc) is 3.40. The molecule has 6 atom stereocenters. The molecule has 448 valence electrons. The minimum Gasteiger partial charge on any atom is -0.0683 e. The summed E-state index contributed by atoms with van der Waals surface area (Å²) in [6.07, 6.45) is 31.1. The molecule has 0 saturated carbocycles. The number of hydrogen-bond donors (Lipinski definition) is 0. The highest BCUT2D eigenvalue weighted by atomic mass is 14.6. The average molecular weight is 1020 g/mol. The zero-order chi connectivity index (χ0) is 59.8. The lowest BCUT2D eigenvalue weighted by Gasteiger charge is -2.63. The van der Waals surface area contributed by atoms with Crippen LogP contribution in [0.5, 0.6) is 0 Å². The summed E-state index contributed by atoms with van der Waals surface area (Å²) in [6.45, 7) is 88.7. The van der Waals surface area contributed by atoms with Gasteiger partial charge in [0, 0.05) is 0 Å². The number of rotatable bonds is 30. The first-order chi connectivity index (χ1) is 33.5. The van der Waals surface area contributed by atoms with Crippen molar-refractivity contribution in [2.24, 2.45) is 49.2 Å². The van der Waals surface area contributed by atoms with Crippen molar-refractivity contribution in [2.45, 2.75) is 418 Å². The first-order valence-electron chi connectivity index (χ1n) is 33.5. The third-order valence-electron chi connectivity index (χ3n) is 17.8. The van der Waals surface area contributed by atoms with Crippen LogP contribution in [0.2, 0.25) is 0 Å². The van der Waals surface area contributed by atoms with E-state index in [-0.39, 0.29) is 0 Å². The van der Waals surface area contributed by atoms with Gasteiger partial charge in [0.05, 0.1) is 0 Å². The van der Waals surface area contributed by atoms with Crippen LogP contribution >= 0.6 is 0 Å². The molecule has 0 spiro atoms. The van der Waals surface area contributed by atoms with Gasteiger partial charge in [-0.1, -0.05) is 366 Å². The van der Waals surface area contributed by atoms with Crippen LogP contribution in [0, 0.1) is 49.2 Å². The Hall–Kier alpha value is 0. The summed E-state index contributed by atoms with van der Waals surface area (Å²) >= 11 is 0. The van der Waals surface area contributed by atoms with Gasteiger partial charge in [-0.25, -0.2) is 0 Å². The van der Waals surface area contributed by atoms with Crippen molar-refractivity contribution in [1.29, 1.82) is 0 Å². The zero-order valence-corrected chi connectivity index (χ0v) is 59.8. The molecule has 0 rings (SSSR count). The van der Waals surface area contributed by atoms with Crippen molar-refractivity contribution < 1.29 is 0 Å². The Bertz CT molecular complexity index is 909. The summed E-state index contributed by atoms with van der Waals surface area (Å²) in [6, 6.07) is 0. The quantitative estimate of drug-likeness (QED) is 0.0629. The van der Waals surface area contributed by atoms with E-state index in [2.05, 4.69) is 145 Å². The summed E-state index contributed by atoms with van der Waals surface area (Å²) in [5.74, 6) is 0.836. The molecule has 0 aliphatic heterocycles. The summed E-state index contributed by atoms with van der Waals surface area (Å²) in [7, 11) is 0. The Morgan fingerprint density at radius 3 is 0.732 bits per heavy atom. The summed E-state index contributed by atoms with van der Waals surface area (Å²) in [5.41, 5.74) is 3.18. The third-order valence-corrected chi connectivity index (χ3v) is 17.8. The Balaban J connectivity index is -0.0000000851. The second-order valence-electron chi connectivity index (χ2n) is 21.9. The Labute approximate surface area is 464 Å². The highest BCUT2D eigenvalue weighted by molar-refractivity contribution is 5.09. The lowest BCUT2D eigenvalue weighted by atomic mass is 9.41. The summed E-state index contributed by atoms with van der Waals surface area (Å²) in [4.78, 5) is 0.